The fourth-order valence-corrected chi connectivity index (χ4v) is 1.47. The number of hydrogen-bond donors (Lipinski definition) is 4. The number of primary sulfonamides is 1. The number of anilines is 1. The van der Waals surface area contributed by atoms with Crippen LogP contribution < -0.4 is 16.2 Å². The Morgan fingerprint density at radius 3 is 2.47 bits per heavy atom. The number of sulfonamides is 1. The van der Waals surface area contributed by atoms with Crippen LogP contribution in [0.4, 0.5) is 5.69 Å². The first-order valence-corrected chi connectivity index (χ1v) is 5.18. The summed E-state index contributed by atoms with van der Waals surface area (Å²) in [4.78, 5) is -0.0243. The third-order valence-electron chi connectivity index (χ3n) is 1.44. The summed E-state index contributed by atoms with van der Waals surface area (Å²) in [5, 5.41) is 14.3. The standard InChI is InChI=1S/C7H10N4O2S.ClH/c8-7(9)11-5-2-1-3-6(4-5)14(10,12)13;/h1-4H,(H4,8,9,11)(H2,10,12,13);1H. The van der Waals surface area contributed by atoms with Crippen molar-refractivity contribution in [3.63, 3.8) is 0 Å². The molecule has 1 aromatic rings. The Labute approximate surface area is 93.6 Å². The van der Waals surface area contributed by atoms with Crippen molar-refractivity contribution in [2.24, 2.45) is 10.9 Å². The lowest BCUT2D eigenvalue weighted by atomic mass is 10.3. The van der Waals surface area contributed by atoms with Crippen LogP contribution in [-0.2, 0) is 10.0 Å². The number of benzene rings is 1. The van der Waals surface area contributed by atoms with E-state index in [-0.39, 0.29) is 23.3 Å². The Morgan fingerprint density at radius 2 is 2.00 bits per heavy atom. The minimum Gasteiger partial charge on any atom is -0.370 e. The van der Waals surface area contributed by atoms with Gasteiger partial charge in [0.1, 0.15) is 0 Å². The lowest BCUT2D eigenvalue weighted by Gasteiger charge is -2.04. The SMILES string of the molecule is Cl.N=C(N)Nc1cccc(S(N)(=O)=O)c1. The number of hydrogen-bond acceptors (Lipinski definition) is 3. The van der Waals surface area contributed by atoms with Crippen molar-refractivity contribution in [3.8, 4) is 0 Å². The van der Waals surface area contributed by atoms with Crippen LogP contribution in [0.25, 0.3) is 0 Å². The Kier molecular flexibility index (Phi) is 4.53. The third kappa shape index (κ3) is 4.15. The summed E-state index contributed by atoms with van der Waals surface area (Å²) in [6, 6.07) is 5.75. The predicted octanol–water partition coefficient (Wildman–Crippen LogP) is 0.0612. The molecule has 15 heavy (non-hydrogen) atoms. The molecule has 1 aromatic carbocycles. The van der Waals surface area contributed by atoms with Gasteiger partial charge >= 0.3 is 0 Å². The van der Waals surface area contributed by atoms with Gasteiger partial charge in [0, 0.05) is 5.69 Å². The average molecular weight is 251 g/mol. The van der Waals surface area contributed by atoms with Gasteiger partial charge in [-0.05, 0) is 18.2 Å². The number of guanidine groups is 1. The number of rotatable bonds is 2. The molecule has 6 nitrogen and oxygen atoms in total. The second kappa shape index (κ2) is 4.96. The molecule has 0 unspecified atom stereocenters. The summed E-state index contributed by atoms with van der Waals surface area (Å²) >= 11 is 0. The van der Waals surface area contributed by atoms with Gasteiger partial charge in [0.25, 0.3) is 0 Å². The summed E-state index contributed by atoms with van der Waals surface area (Å²) in [6.45, 7) is 0. The first-order valence-electron chi connectivity index (χ1n) is 3.63. The number of nitrogens with two attached hydrogens (primary N) is 2. The molecular weight excluding hydrogens is 240 g/mol. The molecule has 0 aromatic heterocycles. The highest BCUT2D eigenvalue weighted by atomic mass is 35.5. The summed E-state index contributed by atoms with van der Waals surface area (Å²) in [5.41, 5.74) is 5.48. The van der Waals surface area contributed by atoms with E-state index in [9.17, 15) is 8.42 Å². The Balaban J connectivity index is 0.00000196. The van der Waals surface area contributed by atoms with Crippen molar-refractivity contribution in [3.05, 3.63) is 24.3 Å². The highest BCUT2D eigenvalue weighted by Gasteiger charge is 2.07. The van der Waals surface area contributed by atoms with E-state index < -0.39 is 10.0 Å². The number of nitrogens with one attached hydrogen (secondary N) is 2. The van der Waals surface area contributed by atoms with Crippen molar-refractivity contribution in [2.45, 2.75) is 4.90 Å². The molecule has 0 aliphatic carbocycles. The lowest BCUT2D eigenvalue weighted by Crippen LogP contribution is -2.20. The highest BCUT2D eigenvalue weighted by Crippen LogP contribution is 2.13. The zero-order valence-corrected chi connectivity index (χ0v) is 9.23. The van der Waals surface area contributed by atoms with Crippen LogP contribution in [-0.4, -0.2) is 14.4 Å². The zero-order valence-electron chi connectivity index (χ0n) is 7.60. The molecule has 1 rings (SSSR count). The summed E-state index contributed by atoms with van der Waals surface area (Å²) < 4.78 is 21.9. The predicted molar refractivity (Wildman–Crippen MR) is 60.6 cm³/mol. The van der Waals surface area contributed by atoms with E-state index in [1.54, 1.807) is 6.07 Å². The molecule has 84 valence electrons. The van der Waals surface area contributed by atoms with Gasteiger partial charge in [0.2, 0.25) is 10.0 Å². The van der Waals surface area contributed by atoms with E-state index >= 15 is 0 Å². The highest BCUT2D eigenvalue weighted by molar-refractivity contribution is 7.89. The maximum absolute atomic E-state index is 10.9. The van der Waals surface area contributed by atoms with E-state index in [2.05, 4.69) is 5.32 Å². The largest absolute Gasteiger partial charge is 0.370 e. The van der Waals surface area contributed by atoms with E-state index in [1.165, 1.54) is 18.2 Å². The van der Waals surface area contributed by atoms with Crippen LogP contribution in [0, 0.1) is 5.41 Å². The first kappa shape index (κ1) is 13.7. The molecule has 0 aliphatic heterocycles. The van der Waals surface area contributed by atoms with Gasteiger partial charge in [-0.3, -0.25) is 5.41 Å². The minimum absolute atomic E-state index is 0. The van der Waals surface area contributed by atoms with Crippen LogP contribution in [0.5, 0.6) is 0 Å². The fourth-order valence-electron chi connectivity index (χ4n) is 0.906. The molecule has 0 saturated carbocycles. The van der Waals surface area contributed by atoms with E-state index in [1.807, 2.05) is 0 Å². The molecular formula is C7H11ClN4O2S. The summed E-state index contributed by atoms with van der Waals surface area (Å²) in [7, 11) is -3.71. The lowest BCUT2D eigenvalue weighted by molar-refractivity contribution is 0.598. The molecule has 0 heterocycles. The topological polar surface area (TPSA) is 122 Å². The zero-order chi connectivity index (χ0) is 10.8. The third-order valence-corrected chi connectivity index (χ3v) is 2.35. The second-order valence-corrected chi connectivity index (χ2v) is 4.17. The van der Waals surface area contributed by atoms with Gasteiger partial charge in [-0.15, -0.1) is 12.4 Å². The second-order valence-electron chi connectivity index (χ2n) is 2.61. The molecule has 6 N–H and O–H groups in total. The monoisotopic (exact) mass is 250 g/mol. The molecule has 0 bridgehead atoms. The van der Waals surface area contributed by atoms with Crippen molar-refractivity contribution in [1.82, 2.24) is 0 Å². The van der Waals surface area contributed by atoms with Gasteiger partial charge in [-0.1, -0.05) is 6.07 Å². The molecule has 0 amide bonds. The van der Waals surface area contributed by atoms with E-state index in [0.717, 1.165) is 0 Å². The van der Waals surface area contributed by atoms with Crippen molar-refractivity contribution >= 4 is 34.1 Å². The average Bonchev–Trinajstić information content (AvgIpc) is 2.01. The molecule has 0 aliphatic rings. The molecule has 8 heteroatoms. The van der Waals surface area contributed by atoms with Gasteiger partial charge < -0.3 is 11.1 Å². The molecule has 0 fully saturated rings. The molecule has 0 radical (unpaired) electrons. The van der Waals surface area contributed by atoms with E-state index in [4.69, 9.17) is 16.3 Å². The van der Waals surface area contributed by atoms with Gasteiger partial charge in [0.05, 0.1) is 4.90 Å². The van der Waals surface area contributed by atoms with Gasteiger partial charge in [-0.2, -0.15) is 0 Å². The molecule has 0 spiro atoms. The molecule has 0 atom stereocenters. The molecule has 0 saturated heterocycles. The van der Waals surface area contributed by atoms with Crippen LogP contribution in [0.2, 0.25) is 0 Å². The maximum Gasteiger partial charge on any atom is 0.238 e. The smallest absolute Gasteiger partial charge is 0.238 e. The van der Waals surface area contributed by atoms with Crippen molar-refractivity contribution < 1.29 is 8.42 Å². The quantitative estimate of drug-likeness (QED) is 0.438. The van der Waals surface area contributed by atoms with Crippen LogP contribution in [0.15, 0.2) is 29.2 Å². The Bertz CT molecular complexity index is 460. The normalized spacial score (nSPS) is 10.2. The first-order chi connectivity index (χ1) is 6.39. The van der Waals surface area contributed by atoms with E-state index in [0.29, 0.717) is 5.69 Å². The van der Waals surface area contributed by atoms with Gasteiger partial charge in [-0.25, -0.2) is 13.6 Å². The number of halogens is 1. The van der Waals surface area contributed by atoms with Gasteiger partial charge in [0.15, 0.2) is 5.96 Å². The summed E-state index contributed by atoms with van der Waals surface area (Å²) in [5.74, 6) is -0.267. The van der Waals surface area contributed by atoms with Crippen molar-refractivity contribution in [1.29, 1.82) is 5.41 Å². The van der Waals surface area contributed by atoms with Crippen molar-refractivity contribution in [2.75, 3.05) is 5.32 Å². The van der Waals surface area contributed by atoms with Crippen LogP contribution >= 0.6 is 12.4 Å². The Hall–Kier alpha value is -1.31. The maximum atomic E-state index is 10.9. The fraction of sp³-hybridized carbons (Fsp3) is 0. The van der Waals surface area contributed by atoms with Crippen LogP contribution in [0.1, 0.15) is 0 Å². The minimum atomic E-state index is -3.71. The summed E-state index contributed by atoms with van der Waals surface area (Å²) in [6.07, 6.45) is 0. The van der Waals surface area contributed by atoms with Crippen LogP contribution in [0.3, 0.4) is 0 Å². The Morgan fingerprint density at radius 1 is 1.40 bits per heavy atom.